The summed E-state index contributed by atoms with van der Waals surface area (Å²) >= 11 is 0. The fraction of sp³-hybridized carbons (Fsp3) is 0.438. The SMILES string of the molecule is CC1CN(Cc2ccn(-c3ccccc3)n2)CCC1O. The fourth-order valence-electron chi connectivity index (χ4n) is 2.76. The summed E-state index contributed by atoms with van der Waals surface area (Å²) in [5, 5.41) is 14.4. The van der Waals surface area contributed by atoms with E-state index in [9.17, 15) is 5.11 Å². The van der Waals surface area contributed by atoms with Crippen molar-refractivity contribution in [2.75, 3.05) is 13.1 Å². The van der Waals surface area contributed by atoms with Crippen LogP contribution in [-0.4, -0.2) is 39.0 Å². The van der Waals surface area contributed by atoms with E-state index >= 15 is 0 Å². The van der Waals surface area contributed by atoms with Crippen molar-refractivity contribution in [1.82, 2.24) is 14.7 Å². The third kappa shape index (κ3) is 2.92. The predicted molar refractivity (Wildman–Crippen MR) is 78.6 cm³/mol. The van der Waals surface area contributed by atoms with E-state index in [4.69, 9.17) is 0 Å². The number of rotatable bonds is 3. The minimum Gasteiger partial charge on any atom is -0.393 e. The monoisotopic (exact) mass is 271 g/mol. The third-order valence-corrected chi connectivity index (χ3v) is 3.99. The van der Waals surface area contributed by atoms with Crippen LogP contribution in [0.15, 0.2) is 42.6 Å². The van der Waals surface area contributed by atoms with Crippen molar-refractivity contribution >= 4 is 0 Å². The molecule has 20 heavy (non-hydrogen) atoms. The molecule has 4 nitrogen and oxygen atoms in total. The van der Waals surface area contributed by atoms with E-state index in [0.29, 0.717) is 5.92 Å². The Hall–Kier alpha value is -1.65. The number of aliphatic hydroxyl groups excluding tert-OH is 1. The van der Waals surface area contributed by atoms with Gasteiger partial charge in [0.05, 0.1) is 17.5 Å². The highest BCUT2D eigenvalue weighted by atomic mass is 16.3. The van der Waals surface area contributed by atoms with Crippen LogP contribution in [0.3, 0.4) is 0 Å². The highest BCUT2D eigenvalue weighted by Gasteiger charge is 2.24. The summed E-state index contributed by atoms with van der Waals surface area (Å²) in [7, 11) is 0. The first kappa shape index (κ1) is 13.3. The molecule has 1 fully saturated rings. The Labute approximate surface area is 119 Å². The molecule has 0 radical (unpaired) electrons. The summed E-state index contributed by atoms with van der Waals surface area (Å²) in [5.41, 5.74) is 2.17. The number of benzene rings is 1. The maximum atomic E-state index is 9.77. The van der Waals surface area contributed by atoms with E-state index in [1.165, 1.54) is 0 Å². The molecule has 0 amide bonds. The number of para-hydroxylation sites is 1. The molecule has 1 aromatic heterocycles. The number of aromatic nitrogens is 2. The largest absolute Gasteiger partial charge is 0.393 e. The van der Waals surface area contributed by atoms with Gasteiger partial charge in [0.1, 0.15) is 0 Å². The topological polar surface area (TPSA) is 41.3 Å². The van der Waals surface area contributed by atoms with Gasteiger partial charge in [-0.3, -0.25) is 4.90 Å². The van der Waals surface area contributed by atoms with Crippen molar-refractivity contribution in [2.45, 2.75) is 26.0 Å². The lowest BCUT2D eigenvalue weighted by molar-refractivity contribution is 0.0315. The lowest BCUT2D eigenvalue weighted by Gasteiger charge is -2.33. The van der Waals surface area contributed by atoms with E-state index in [0.717, 1.165) is 37.4 Å². The molecular formula is C16H21N3O. The molecule has 1 saturated heterocycles. The Morgan fingerprint density at radius 1 is 1.25 bits per heavy atom. The molecule has 3 rings (SSSR count). The van der Waals surface area contributed by atoms with Crippen LogP contribution in [0.4, 0.5) is 0 Å². The molecule has 1 aliphatic heterocycles. The average Bonchev–Trinajstić information content (AvgIpc) is 2.92. The Kier molecular flexibility index (Phi) is 3.85. The molecule has 0 bridgehead atoms. The summed E-state index contributed by atoms with van der Waals surface area (Å²) in [4.78, 5) is 2.37. The molecule has 1 aromatic carbocycles. The molecule has 2 heterocycles. The first-order valence-electron chi connectivity index (χ1n) is 7.23. The van der Waals surface area contributed by atoms with E-state index in [1.54, 1.807) is 0 Å². The second-order valence-electron chi connectivity index (χ2n) is 5.66. The second-order valence-corrected chi connectivity index (χ2v) is 5.66. The molecule has 0 saturated carbocycles. The van der Waals surface area contributed by atoms with Crippen LogP contribution >= 0.6 is 0 Å². The van der Waals surface area contributed by atoms with Crippen LogP contribution in [-0.2, 0) is 6.54 Å². The number of nitrogens with zero attached hydrogens (tertiary/aromatic N) is 3. The average molecular weight is 271 g/mol. The molecule has 0 spiro atoms. The van der Waals surface area contributed by atoms with Gasteiger partial charge in [-0.15, -0.1) is 0 Å². The quantitative estimate of drug-likeness (QED) is 0.929. The van der Waals surface area contributed by atoms with Gasteiger partial charge in [-0.05, 0) is 30.5 Å². The standard InChI is InChI=1S/C16H21N3O/c1-13-11-18(9-8-16(13)20)12-14-7-10-19(17-14)15-5-3-2-4-6-15/h2-7,10,13,16,20H,8-9,11-12H2,1H3. The van der Waals surface area contributed by atoms with Crippen molar-refractivity contribution in [3.63, 3.8) is 0 Å². The maximum absolute atomic E-state index is 9.77. The number of piperidine rings is 1. The third-order valence-electron chi connectivity index (χ3n) is 3.99. The van der Waals surface area contributed by atoms with Crippen molar-refractivity contribution in [1.29, 1.82) is 0 Å². The van der Waals surface area contributed by atoms with Crippen molar-refractivity contribution < 1.29 is 5.11 Å². The summed E-state index contributed by atoms with van der Waals surface area (Å²) in [6.45, 7) is 4.86. The van der Waals surface area contributed by atoms with E-state index in [1.807, 2.05) is 29.1 Å². The molecule has 1 N–H and O–H groups in total. The Bertz CT molecular complexity index is 552. The van der Waals surface area contributed by atoms with Crippen LogP contribution < -0.4 is 0 Å². The van der Waals surface area contributed by atoms with E-state index < -0.39 is 0 Å². The van der Waals surface area contributed by atoms with Gasteiger partial charge in [0.2, 0.25) is 0 Å². The maximum Gasteiger partial charge on any atom is 0.0769 e. The van der Waals surface area contributed by atoms with Crippen molar-refractivity contribution in [3.8, 4) is 5.69 Å². The summed E-state index contributed by atoms with van der Waals surface area (Å²) in [6, 6.07) is 12.2. The predicted octanol–water partition coefficient (Wildman–Crippen LogP) is 2.08. The molecule has 1 aliphatic rings. The number of hydrogen-bond donors (Lipinski definition) is 1. The zero-order valence-corrected chi connectivity index (χ0v) is 11.8. The molecule has 0 aliphatic carbocycles. The molecule has 2 aromatic rings. The molecule has 2 atom stereocenters. The minimum atomic E-state index is -0.145. The minimum absolute atomic E-state index is 0.145. The second kappa shape index (κ2) is 5.77. The van der Waals surface area contributed by atoms with Crippen molar-refractivity contribution in [3.05, 3.63) is 48.3 Å². The van der Waals surface area contributed by atoms with Gasteiger partial charge in [0.25, 0.3) is 0 Å². The normalized spacial score (nSPS) is 23.9. The summed E-state index contributed by atoms with van der Waals surface area (Å²) < 4.78 is 1.91. The van der Waals surface area contributed by atoms with Gasteiger partial charge in [-0.1, -0.05) is 25.1 Å². The highest BCUT2D eigenvalue weighted by Crippen LogP contribution is 2.18. The van der Waals surface area contributed by atoms with Gasteiger partial charge in [0.15, 0.2) is 0 Å². The van der Waals surface area contributed by atoms with Gasteiger partial charge in [-0.25, -0.2) is 4.68 Å². The van der Waals surface area contributed by atoms with Crippen LogP contribution in [0, 0.1) is 5.92 Å². The van der Waals surface area contributed by atoms with Crippen LogP contribution in [0.5, 0.6) is 0 Å². The molecule has 2 unspecified atom stereocenters. The number of hydrogen-bond acceptors (Lipinski definition) is 3. The molecule has 106 valence electrons. The summed E-state index contributed by atoms with van der Waals surface area (Å²) in [5.74, 6) is 0.347. The number of aliphatic hydroxyl groups is 1. The van der Waals surface area contributed by atoms with E-state index in [2.05, 4.69) is 35.1 Å². The molecular weight excluding hydrogens is 250 g/mol. The fourth-order valence-corrected chi connectivity index (χ4v) is 2.76. The first-order chi connectivity index (χ1) is 9.72. The van der Waals surface area contributed by atoms with Gasteiger partial charge >= 0.3 is 0 Å². The number of likely N-dealkylation sites (tertiary alicyclic amines) is 1. The van der Waals surface area contributed by atoms with E-state index in [-0.39, 0.29) is 6.10 Å². The lowest BCUT2D eigenvalue weighted by Crippen LogP contribution is -2.41. The van der Waals surface area contributed by atoms with Crippen LogP contribution in [0.25, 0.3) is 5.69 Å². The Morgan fingerprint density at radius 3 is 2.80 bits per heavy atom. The van der Waals surface area contributed by atoms with Crippen LogP contribution in [0.1, 0.15) is 19.0 Å². The van der Waals surface area contributed by atoms with Gasteiger partial charge < -0.3 is 5.11 Å². The molecule has 4 heteroatoms. The van der Waals surface area contributed by atoms with Gasteiger partial charge in [-0.2, -0.15) is 5.10 Å². The zero-order chi connectivity index (χ0) is 13.9. The van der Waals surface area contributed by atoms with Gasteiger partial charge in [0, 0.05) is 25.8 Å². The Balaban J connectivity index is 1.66. The zero-order valence-electron chi connectivity index (χ0n) is 11.8. The smallest absolute Gasteiger partial charge is 0.0769 e. The Morgan fingerprint density at radius 2 is 2.05 bits per heavy atom. The summed E-state index contributed by atoms with van der Waals surface area (Å²) in [6.07, 6.45) is 2.72. The first-order valence-corrected chi connectivity index (χ1v) is 7.23. The van der Waals surface area contributed by atoms with Crippen LogP contribution in [0.2, 0.25) is 0 Å². The highest BCUT2D eigenvalue weighted by molar-refractivity contribution is 5.30. The lowest BCUT2D eigenvalue weighted by atomic mass is 9.97. The van der Waals surface area contributed by atoms with Crippen molar-refractivity contribution in [2.24, 2.45) is 5.92 Å².